The Morgan fingerprint density at radius 1 is 1.50 bits per heavy atom. The molecule has 1 N–H and O–H groups in total. The van der Waals surface area contributed by atoms with E-state index in [1.807, 2.05) is 30.1 Å². The summed E-state index contributed by atoms with van der Waals surface area (Å²) in [7, 11) is 1.93. The van der Waals surface area contributed by atoms with E-state index in [9.17, 15) is 13.2 Å². The van der Waals surface area contributed by atoms with Gasteiger partial charge in [0.2, 0.25) is 0 Å². The lowest BCUT2D eigenvalue weighted by Gasteiger charge is -2.13. The Kier molecular flexibility index (Phi) is 4.27. The molecule has 1 aromatic rings. The zero-order chi connectivity index (χ0) is 13.2. The van der Waals surface area contributed by atoms with Crippen molar-refractivity contribution in [2.24, 2.45) is 5.92 Å². The number of hydrogen-bond donors (Lipinski definition) is 1. The van der Waals surface area contributed by atoms with Gasteiger partial charge in [0, 0.05) is 30.7 Å². The van der Waals surface area contributed by atoms with Crippen molar-refractivity contribution in [2.45, 2.75) is 30.9 Å². The maximum atomic E-state index is 12.0. The van der Waals surface area contributed by atoms with Crippen LogP contribution in [0.5, 0.6) is 0 Å². The first-order valence-electron chi connectivity index (χ1n) is 6.03. The fraction of sp³-hybridized carbons (Fsp3) is 0.667. The van der Waals surface area contributed by atoms with E-state index in [-0.39, 0.29) is 17.5 Å². The van der Waals surface area contributed by atoms with Crippen LogP contribution in [0.2, 0.25) is 0 Å². The van der Waals surface area contributed by atoms with Gasteiger partial charge < -0.3 is 9.88 Å². The molecule has 1 saturated carbocycles. The van der Waals surface area contributed by atoms with Crippen molar-refractivity contribution >= 4 is 11.8 Å². The number of nitrogens with zero attached hydrogens (tertiary/aromatic N) is 1. The predicted molar refractivity (Wildman–Crippen MR) is 67.5 cm³/mol. The molecule has 0 spiro atoms. The topological polar surface area (TPSA) is 17.0 Å². The summed E-state index contributed by atoms with van der Waals surface area (Å²) < 4.78 is 37.8. The Morgan fingerprint density at radius 3 is 2.78 bits per heavy atom. The number of hydrogen-bond acceptors (Lipinski definition) is 2. The molecule has 1 atom stereocenters. The zero-order valence-corrected chi connectivity index (χ0v) is 11.0. The normalized spacial score (nSPS) is 18.0. The summed E-state index contributed by atoms with van der Waals surface area (Å²) >= 11 is 0.0340. The van der Waals surface area contributed by atoms with Crippen LogP contribution >= 0.6 is 11.8 Å². The molecule has 0 bridgehead atoms. The van der Waals surface area contributed by atoms with Crippen molar-refractivity contribution in [1.29, 1.82) is 0 Å². The molecule has 0 radical (unpaired) electrons. The minimum Gasteiger partial charge on any atom is -0.353 e. The highest BCUT2D eigenvalue weighted by atomic mass is 32.2. The lowest BCUT2D eigenvalue weighted by Crippen LogP contribution is -2.17. The second kappa shape index (κ2) is 5.57. The van der Waals surface area contributed by atoms with Gasteiger partial charge >= 0.3 is 5.51 Å². The maximum Gasteiger partial charge on any atom is 0.441 e. The van der Waals surface area contributed by atoms with Gasteiger partial charge in [-0.05, 0) is 49.2 Å². The van der Waals surface area contributed by atoms with Gasteiger partial charge in [0.15, 0.2) is 0 Å². The molecule has 0 aromatic carbocycles. The second-order valence-electron chi connectivity index (χ2n) is 4.58. The van der Waals surface area contributed by atoms with Gasteiger partial charge in [-0.3, -0.25) is 0 Å². The maximum absolute atomic E-state index is 12.0. The number of aryl methyl sites for hydroxylation is 1. The summed E-state index contributed by atoms with van der Waals surface area (Å²) in [4.78, 5) is 0. The van der Waals surface area contributed by atoms with Gasteiger partial charge in [-0.1, -0.05) is 0 Å². The molecule has 1 unspecified atom stereocenters. The quantitative estimate of drug-likeness (QED) is 0.859. The van der Waals surface area contributed by atoms with Gasteiger partial charge in [-0.2, -0.15) is 13.2 Å². The number of rotatable bonds is 6. The Hall–Kier alpha value is -0.620. The summed E-state index contributed by atoms with van der Waals surface area (Å²) in [5.74, 6) is 0.751. The van der Waals surface area contributed by atoms with Crippen LogP contribution in [-0.4, -0.2) is 22.9 Å². The van der Waals surface area contributed by atoms with Crippen LogP contribution in [0.4, 0.5) is 13.2 Å². The Labute approximate surface area is 109 Å². The molecule has 1 aliphatic carbocycles. The van der Waals surface area contributed by atoms with E-state index in [4.69, 9.17) is 0 Å². The minimum atomic E-state index is -4.13. The van der Waals surface area contributed by atoms with Gasteiger partial charge in [0.1, 0.15) is 0 Å². The molecule has 1 fully saturated rings. The van der Waals surface area contributed by atoms with Crippen molar-refractivity contribution in [3.8, 4) is 0 Å². The molecule has 0 aliphatic heterocycles. The molecule has 0 amide bonds. The molecule has 1 heterocycles. The van der Waals surface area contributed by atoms with Crippen LogP contribution in [0.3, 0.4) is 0 Å². The van der Waals surface area contributed by atoms with Crippen LogP contribution in [-0.2, 0) is 6.54 Å². The van der Waals surface area contributed by atoms with Crippen molar-refractivity contribution in [1.82, 2.24) is 9.88 Å². The smallest absolute Gasteiger partial charge is 0.353 e. The third-order valence-corrected chi connectivity index (χ3v) is 3.87. The van der Waals surface area contributed by atoms with Crippen LogP contribution in [0.1, 0.15) is 24.4 Å². The van der Waals surface area contributed by atoms with E-state index in [1.54, 1.807) is 0 Å². The number of halogens is 3. The largest absolute Gasteiger partial charge is 0.441 e. The van der Waals surface area contributed by atoms with E-state index >= 15 is 0 Å². The molecular formula is C12H17F3N2S. The van der Waals surface area contributed by atoms with Crippen molar-refractivity contribution in [3.05, 3.63) is 24.0 Å². The number of nitrogens with one attached hydrogen (secondary N) is 1. The average molecular weight is 278 g/mol. The van der Waals surface area contributed by atoms with E-state index < -0.39 is 5.51 Å². The molecule has 2 rings (SSSR count). The standard InChI is InChI=1S/C12H17F3N2S/c1-16-11(9-2-3-9)10-4-5-17(8-10)6-7-18-12(13,14)15/h4-5,8-9,11,16H,2-3,6-7H2,1H3. The summed E-state index contributed by atoms with van der Waals surface area (Å²) in [5.41, 5.74) is -2.95. The Morgan fingerprint density at radius 2 is 2.22 bits per heavy atom. The summed E-state index contributed by atoms with van der Waals surface area (Å²) in [6.07, 6.45) is 6.29. The molecule has 6 heteroatoms. The Bertz CT molecular complexity index is 385. The van der Waals surface area contributed by atoms with Crippen LogP contribution in [0.15, 0.2) is 18.5 Å². The summed E-state index contributed by atoms with van der Waals surface area (Å²) in [6, 6.07) is 2.35. The molecular weight excluding hydrogens is 261 g/mol. The molecule has 0 saturated heterocycles. The predicted octanol–water partition coefficient (Wildman–Crippen LogP) is 3.41. The number of alkyl halides is 3. The lowest BCUT2D eigenvalue weighted by molar-refractivity contribution is -0.0328. The van der Waals surface area contributed by atoms with Crippen LogP contribution < -0.4 is 5.32 Å². The van der Waals surface area contributed by atoms with E-state index in [2.05, 4.69) is 5.32 Å². The van der Waals surface area contributed by atoms with Gasteiger partial charge in [-0.25, -0.2) is 0 Å². The highest BCUT2D eigenvalue weighted by Gasteiger charge is 2.31. The highest BCUT2D eigenvalue weighted by Crippen LogP contribution is 2.40. The molecule has 1 aliphatic rings. The van der Waals surface area contributed by atoms with Crippen LogP contribution in [0.25, 0.3) is 0 Å². The fourth-order valence-electron chi connectivity index (χ4n) is 2.15. The van der Waals surface area contributed by atoms with Gasteiger partial charge in [0.05, 0.1) is 0 Å². The molecule has 102 valence electrons. The second-order valence-corrected chi connectivity index (χ2v) is 5.74. The first-order chi connectivity index (χ1) is 8.49. The summed E-state index contributed by atoms with van der Waals surface area (Å²) in [5, 5.41) is 3.28. The van der Waals surface area contributed by atoms with E-state index in [1.165, 1.54) is 18.4 Å². The fourth-order valence-corrected chi connectivity index (χ4v) is 2.69. The first kappa shape index (κ1) is 13.8. The third-order valence-electron chi connectivity index (χ3n) is 3.15. The van der Waals surface area contributed by atoms with Gasteiger partial charge in [-0.15, -0.1) is 0 Å². The monoisotopic (exact) mass is 278 g/mol. The molecule has 1 aromatic heterocycles. The third kappa shape index (κ3) is 3.95. The zero-order valence-electron chi connectivity index (χ0n) is 10.2. The lowest BCUT2D eigenvalue weighted by atomic mass is 10.1. The van der Waals surface area contributed by atoms with E-state index in [0.717, 1.165) is 0 Å². The van der Waals surface area contributed by atoms with Crippen molar-refractivity contribution < 1.29 is 13.2 Å². The number of aromatic nitrogens is 1. The molecule has 18 heavy (non-hydrogen) atoms. The van der Waals surface area contributed by atoms with E-state index in [0.29, 0.717) is 18.5 Å². The average Bonchev–Trinajstić information content (AvgIpc) is 2.99. The molecule has 2 nitrogen and oxygen atoms in total. The van der Waals surface area contributed by atoms with Crippen molar-refractivity contribution in [3.63, 3.8) is 0 Å². The van der Waals surface area contributed by atoms with Gasteiger partial charge in [0.25, 0.3) is 0 Å². The Balaban J connectivity index is 1.85. The first-order valence-corrected chi connectivity index (χ1v) is 7.02. The SMILES string of the molecule is CNC(c1ccn(CCSC(F)(F)F)c1)C1CC1. The summed E-state index contributed by atoms with van der Waals surface area (Å²) in [6.45, 7) is 0.394. The minimum absolute atomic E-state index is 0.0340. The number of thioether (sulfide) groups is 1. The van der Waals surface area contributed by atoms with Crippen LogP contribution in [0, 0.1) is 5.92 Å². The highest BCUT2D eigenvalue weighted by molar-refractivity contribution is 8.00. The van der Waals surface area contributed by atoms with Crippen molar-refractivity contribution in [2.75, 3.05) is 12.8 Å².